The van der Waals surface area contributed by atoms with Gasteiger partial charge in [-0.25, -0.2) is 9.97 Å². The number of hydrogen-bond acceptors (Lipinski definition) is 4. The maximum Gasteiger partial charge on any atom is 0.215 e. The quantitative estimate of drug-likeness (QED) is 0.438. The van der Waals surface area contributed by atoms with E-state index in [-0.39, 0.29) is 0 Å². The van der Waals surface area contributed by atoms with Crippen LogP contribution >= 0.6 is 0 Å². The molecular formula is C22H17N3O2. The van der Waals surface area contributed by atoms with Crippen LogP contribution < -0.4 is 0 Å². The van der Waals surface area contributed by atoms with E-state index in [9.17, 15) is 0 Å². The van der Waals surface area contributed by atoms with Gasteiger partial charge in [0.2, 0.25) is 5.89 Å². The molecule has 0 fully saturated rings. The summed E-state index contributed by atoms with van der Waals surface area (Å²) in [5.74, 6) is 0.654. The van der Waals surface area contributed by atoms with Gasteiger partial charge in [-0.05, 0) is 24.6 Å². The first-order valence-electron chi connectivity index (χ1n) is 8.78. The van der Waals surface area contributed by atoms with E-state index in [1.54, 1.807) is 12.5 Å². The number of imidazole rings is 1. The minimum Gasteiger partial charge on any atom is -0.472 e. The number of rotatable bonds is 4. The van der Waals surface area contributed by atoms with Crippen LogP contribution in [0.15, 0.2) is 82.3 Å². The highest BCUT2D eigenvalue weighted by Crippen LogP contribution is 2.32. The third-order valence-electron chi connectivity index (χ3n) is 4.65. The van der Waals surface area contributed by atoms with Crippen LogP contribution in [0, 0.1) is 6.92 Å². The molecule has 3 aromatic heterocycles. The minimum absolute atomic E-state index is 0.495. The lowest BCUT2D eigenvalue weighted by Gasteiger charge is -2.07. The number of fused-ring (bicyclic) bond motifs is 1. The molecule has 3 heterocycles. The Morgan fingerprint density at radius 1 is 0.963 bits per heavy atom. The van der Waals surface area contributed by atoms with Crippen LogP contribution in [0.2, 0.25) is 0 Å². The predicted octanol–water partition coefficient (Wildman–Crippen LogP) is 5.31. The van der Waals surface area contributed by atoms with Gasteiger partial charge in [0.05, 0.1) is 30.2 Å². The number of oxazole rings is 1. The Morgan fingerprint density at radius 2 is 1.85 bits per heavy atom. The smallest absolute Gasteiger partial charge is 0.215 e. The number of nitrogens with zero attached hydrogens (tertiary/aromatic N) is 3. The molecule has 0 saturated heterocycles. The van der Waals surface area contributed by atoms with Gasteiger partial charge in [0, 0.05) is 11.1 Å². The van der Waals surface area contributed by atoms with Crippen molar-refractivity contribution < 1.29 is 8.83 Å². The second kappa shape index (κ2) is 6.29. The first-order chi connectivity index (χ1) is 13.3. The van der Waals surface area contributed by atoms with Crippen molar-refractivity contribution in [3.05, 3.63) is 84.9 Å². The van der Waals surface area contributed by atoms with E-state index in [0.29, 0.717) is 12.4 Å². The van der Waals surface area contributed by atoms with Crippen LogP contribution in [-0.4, -0.2) is 14.5 Å². The van der Waals surface area contributed by atoms with Gasteiger partial charge in [-0.3, -0.25) is 0 Å². The highest BCUT2D eigenvalue weighted by Gasteiger charge is 2.18. The largest absolute Gasteiger partial charge is 0.472 e. The monoisotopic (exact) mass is 355 g/mol. The maximum atomic E-state index is 5.96. The Bertz CT molecular complexity index is 1200. The van der Waals surface area contributed by atoms with Crippen molar-refractivity contribution in [1.82, 2.24) is 14.5 Å². The normalized spacial score (nSPS) is 11.3. The summed E-state index contributed by atoms with van der Waals surface area (Å²) in [4.78, 5) is 9.34. The second-order valence-corrected chi connectivity index (χ2v) is 6.48. The van der Waals surface area contributed by atoms with Crippen LogP contribution in [0.25, 0.3) is 33.6 Å². The third kappa shape index (κ3) is 2.73. The van der Waals surface area contributed by atoms with E-state index < -0.39 is 0 Å². The number of hydrogen-bond donors (Lipinski definition) is 0. The fraction of sp³-hybridized carbons (Fsp3) is 0.0909. The molecule has 27 heavy (non-hydrogen) atoms. The van der Waals surface area contributed by atoms with Crippen molar-refractivity contribution in [2.24, 2.45) is 0 Å². The molecule has 5 aromatic rings. The Labute approximate surface area is 155 Å². The van der Waals surface area contributed by atoms with Crippen molar-refractivity contribution in [3.63, 3.8) is 0 Å². The molecule has 5 nitrogen and oxygen atoms in total. The van der Waals surface area contributed by atoms with Crippen LogP contribution in [0.1, 0.15) is 11.5 Å². The van der Waals surface area contributed by atoms with Gasteiger partial charge in [-0.15, -0.1) is 0 Å². The molecule has 132 valence electrons. The average molecular weight is 355 g/mol. The molecule has 0 spiro atoms. The molecule has 0 aliphatic carbocycles. The molecule has 0 unspecified atom stereocenters. The van der Waals surface area contributed by atoms with Gasteiger partial charge in [-0.2, -0.15) is 0 Å². The lowest BCUT2D eigenvalue weighted by atomic mass is 10.1. The van der Waals surface area contributed by atoms with Crippen molar-refractivity contribution in [1.29, 1.82) is 0 Å². The van der Waals surface area contributed by atoms with Crippen molar-refractivity contribution in [3.8, 4) is 22.5 Å². The van der Waals surface area contributed by atoms with Gasteiger partial charge in [-0.1, -0.05) is 42.5 Å². The summed E-state index contributed by atoms with van der Waals surface area (Å²) in [7, 11) is 0. The van der Waals surface area contributed by atoms with Gasteiger partial charge in [0.25, 0.3) is 0 Å². The van der Waals surface area contributed by atoms with Gasteiger partial charge >= 0.3 is 0 Å². The fourth-order valence-electron chi connectivity index (χ4n) is 3.36. The van der Waals surface area contributed by atoms with E-state index in [0.717, 1.165) is 39.2 Å². The molecule has 5 heteroatoms. The summed E-state index contributed by atoms with van der Waals surface area (Å²) in [5, 5.41) is 0. The van der Waals surface area contributed by atoms with Crippen LogP contribution in [-0.2, 0) is 6.54 Å². The Morgan fingerprint density at radius 3 is 2.63 bits per heavy atom. The Balaban J connectivity index is 1.61. The molecule has 0 aliphatic rings. The standard InChI is InChI=1S/C22H17N3O2/c1-15-6-5-9-18-20(15)24-19(27-18)12-25-14-23-21(16-7-3-2-4-8-16)22(25)17-10-11-26-13-17/h2-11,13-14H,12H2,1H3. The van der Waals surface area contributed by atoms with Crippen LogP contribution in [0.4, 0.5) is 0 Å². The summed E-state index contributed by atoms with van der Waals surface area (Å²) in [5.41, 5.74) is 6.73. The van der Waals surface area contributed by atoms with Crippen LogP contribution in [0.3, 0.4) is 0 Å². The summed E-state index contributed by atoms with van der Waals surface area (Å²) in [6.45, 7) is 2.53. The lowest BCUT2D eigenvalue weighted by Crippen LogP contribution is -2.01. The highest BCUT2D eigenvalue weighted by atomic mass is 16.3. The summed E-state index contributed by atoms with van der Waals surface area (Å²) in [6, 6.07) is 18.0. The van der Waals surface area contributed by atoms with E-state index in [2.05, 4.69) is 22.1 Å². The Kier molecular flexibility index (Phi) is 3.64. The molecular weight excluding hydrogens is 338 g/mol. The molecule has 0 radical (unpaired) electrons. The minimum atomic E-state index is 0.495. The van der Waals surface area contributed by atoms with Crippen molar-refractivity contribution in [2.45, 2.75) is 13.5 Å². The Hall–Kier alpha value is -3.60. The zero-order chi connectivity index (χ0) is 18.2. The lowest BCUT2D eigenvalue weighted by molar-refractivity contribution is 0.510. The maximum absolute atomic E-state index is 5.96. The van der Waals surface area contributed by atoms with Gasteiger partial charge < -0.3 is 13.4 Å². The molecule has 0 aliphatic heterocycles. The average Bonchev–Trinajstić information content (AvgIpc) is 3.42. The van der Waals surface area contributed by atoms with E-state index >= 15 is 0 Å². The topological polar surface area (TPSA) is 57.0 Å². The van der Waals surface area contributed by atoms with E-state index in [1.165, 1.54) is 0 Å². The summed E-state index contributed by atoms with van der Waals surface area (Å²) >= 11 is 0. The fourth-order valence-corrected chi connectivity index (χ4v) is 3.36. The molecule has 0 amide bonds. The second-order valence-electron chi connectivity index (χ2n) is 6.48. The molecule has 0 saturated carbocycles. The molecule has 0 bridgehead atoms. The third-order valence-corrected chi connectivity index (χ3v) is 4.65. The number of benzene rings is 2. The molecule has 2 aromatic carbocycles. The summed E-state index contributed by atoms with van der Waals surface area (Å²) in [6.07, 6.45) is 5.23. The van der Waals surface area contributed by atoms with Gasteiger partial charge in [0.1, 0.15) is 12.1 Å². The number of aromatic nitrogens is 3. The van der Waals surface area contributed by atoms with Crippen LogP contribution in [0.5, 0.6) is 0 Å². The molecule has 0 N–H and O–H groups in total. The summed E-state index contributed by atoms with van der Waals surface area (Å²) < 4.78 is 13.3. The van der Waals surface area contributed by atoms with Crippen molar-refractivity contribution >= 4 is 11.1 Å². The zero-order valence-corrected chi connectivity index (χ0v) is 14.8. The first kappa shape index (κ1) is 15.6. The van der Waals surface area contributed by atoms with E-state index in [4.69, 9.17) is 8.83 Å². The van der Waals surface area contributed by atoms with Gasteiger partial charge in [0.15, 0.2) is 5.58 Å². The molecule has 5 rings (SSSR count). The predicted molar refractivity (Wildman–Crippen MR) is 103 cm³/mol. The first-order valence-corrected chi connectivity index (χ1v) is 8.78. The van der Waals surface area contributed by atoms with E-state index in [1.807, 2.05) is 60.3 Å². The zero-order valence-electron chi connectivity index (χ0n) is 14.8. The number of furan rings is 1. The highest BCUT2D eigenvalue weighted by molar-refractivity contribution is 5.78. The number of para-hydroxylation sites is 1. The van der Waals surface area contributed by atoms with Crippen molar-refractivity contribution in [2.75, 3.05) is 0 Å². The number of aryl methyl sites for hydroxylation is 1. The molecule has 0 atom stereocenters. The SMILES string of the molecule is Cc1cccc2oc(Cn3cnc(-c4ccccc4)c3-c3ccoc3)nc12.